The number of carbonyl (C=O) groups excluding carboxylic acids is 1. The Bertz CT molecular complexity index is 912. The van der Waals surface area contributed by atoms with E-state index in [4.69, 9.17) is 21.7 Å². The monoisotopic (exact) mass is 402 g/mol. The third kappa shape index (κ3) is 3.89. The fourth-order valence-corrected chi connectivity index (χ4v) is 4.13. The molecule has 1 fully saturated rings. The topological polar surface area (TPSA) is 43.7 Å². The minimum atomic E-state index is -0.131. The Balaban J connectivity index is 1.92. The van der Waals surface area contributed by atoms with Crippen LogP contribution >= 0.6 is 24.0 Å². The van der Waals surface area contributed by atoms with Crippen molar-refractivity contribution in [1.82, 2.24) is 4.68 Å². The summed E-state index contributed by atoms with van der Waals surface area (Å²) in [5, 5.41) is 1.55. The Kier molecular flexibility index (Phi) is 5.62. The van der Waals surface area contributed by atoms with Gasteiger partial charge in [0.1, 0.15) is 0 Å². The summed E-state index contributed by atoms with van der Waals surface area (Å²) in [6.45, 7) is 7.83. The number of benzene rings is 1. The number of carbonyl (C=O) groups is 1. The predicted molar refractivity (Wildman–Crippen MR) is 114 cm³/mol. The Morgan fingerprint density at radius 1 is 1.11 bits per heavy atom. The van der Waals surface area contributed by atoms with E-state index in [1.807, 2.05) is 68.8 Å². The molecule has 5 nitrogen and oxygen atoms in total. The molecule has 142 valence electrons. The summed E-state index contributed by atoms with van der Waals surface area (Å²) in [7, 11) is 1.60. The molecule has 1 aromatic carbocycles. The van der Waals surface area contributed by atoms with E-state index in [2.05, 4.69) is 0 Å². The molecule has 0 unspecified atom stereocenters. The second-order valence-electron chi connectivity index (χ2n) is 6.50. The lowest BCUT2D eigenvalue weighted by Crippen LogP contribution is -2.39. The van der Waals surface area contributed by atoms with Gasteiger partial charge in [0, 0.05) is 11.4 Å². The Hall–Kier alpha value is -2.25. The molecule has 1 amide bonds. The first-order valence-corrected chi connectivity index (χ1v) is 9.82. The van der Waals surface area contributed by atoms with Crippen LogP contribution in [0, 0.1) is 13.8 Å². The van der Waals surface area contributed by atoms with Crippen molar-refractivity contribution < 1.29 is 14.3 Å². The Labute approximate surface area is 168 Å². The quantitative estimate of drug-likeness (QED) is 0.546. The zero-order chi connectivity index (χ0) is 19.7. The van der Waals surface area contributed by atoms with Gasteiger partial charge in [-0.2, -0.15) is 5.01 Å². The van der Waals surface area contributed by atoms with Crippen molar-refractivity contribution in [2.45, 2.75) is 33.8 Å². The lowest BCUT2D eigenvalue weighted by atomic mass is 10.2. The molecule has 0 aliphatic carbocycles. The highest BCUT2D eigenvalue weighted by Crippen LogP contribution is 2.35. The fraction of sp³-hybridized carbons (Fsp3) is 0.300. The summed E-state index contributed by atoms with van der Waals surface area (Å²) in [6, 6.07) is 9.55. The highest BCUT2D eigenvalue weighted by atomic mass is 32.2. The van der Waals surface area contributed by atoms with Crippen LogP contribution in [0.15, 0.2) is 35.2 Å². The summed E-state index contributed by atoms with van der Waals surface area (Å²) in [5.74, 6) is 1.18. The molecule has 0 bridgehead atoms. The lowest BCUT2D eigenvalue weighted by molar-refractivity contribution is -0.114. The molecule has 2 heterocycles. The summed E-state index contributed by atoms with van der Waals surface area (Å²) in [5.41, 5.74) is 2.77. The summed E-state index contributed by atoms with van der Waals surface area (Å²) in [4.78, 5) is 13.5. The first-order chi connectivity index (χ1) is 12.8. The van der Waals surface area contributed by atoms with Crippen molar-refractivity contribution in [3.05, 3.63) is 52.2 Å². The highest BCUT2D eigenvalue weighted by Gasteiger charge is 2.34. The molecule has 3 rings (SSSR count). The molecule has 0 saturated carbocycles. The van der Waals surface area contributed by atoms with Crippen molar-refractivity contribution in [3.8, 4) is 11.5 Å². The largest absolute Gasteiger partial charge is 0.493 e. The van der Waals surface area contributed by atoms with E-state index in [1.165, 1.54) is 11.8 Å². The van der Waals surface area contributed by atoms with Crippen LogP contribution in [-0.2, 0) is 4.79 Å². The molecular formula is C20H22N2O3S2. The molecule has 1 aromatic heterocycles. The van der Waals surface area contributed by atoms with Crippen LogP contribution in [0.2, 0.25) is 0 Å². The van der Waals surface area contributed by atoms with Crippen LogP contribution in [0.25, 0.3) is 6.08 Å². The van der Waals surface area contributed by atoms with Gasteiger partial charge in [-0.25, -0.2) is 0 Å². The Morgan fingerprint density at radius 3 is 2.37 bits per heavy atom. The van der Waals surface area contributed by atoms with E-state index in [1.54, 1.807) is 12.1 Å². The molecule has 7 heteroatoms. The van der Waals surface area contributed by atoms with E-state index in [0.29, 0.717) is 20.7 Å². The van der Waals surface area contributed by atoms with Crippen LogP contribution in [0.4, 0.5) is 0 Å². The van der Waals surface area contributed by atoms with Crippen molar-refractivity contribution in [2.24, 2.45) is 0 Å². The minimum Gasteiger partial charge on any atom is -0.493 e. The van der Waals surface area contributed by atoms with Gasteiger partial charge in [-0.3, -0.25) is 9.47 Å². The SMILES string of the molecule is COc1cc(/C=C2\SC(=S)N(n3c(C)ccc3C)C2=O)ccc1OC(C)C. The average molecular weight is 403 g/mol. The molecule has 0 N–H and O–H groups in total. The number of ether oxygens (including phenoxy) is 2. The van der Waals surface area contributed by atoms with Gasteiger partial charge in [-0.05, 0) is 75.8 Å². The highest BCUT2D eigenvalue weighted by molar-refractivity contribution is 8.27. The van der Waals surface area contributed by atoms with Gasteiger partial charge in [0.15, 0.2) is 15.8 Å². The number of aryl methyl sites for hydroxylation is 2. The van der Waals surface area contributed by atoms with Gasteiger partial charge >= 0.3 is 0 Å². The number of aromatic nitrogens is 1. The van der Waals surface area contributed by atoms with Crippen molar-refractivity contribution in [3.63, 3.8) is 0 Å². The maximum absolute atomic E-state index is 13.0. The standard InChI is InChI=1S/C20H22N2O3S2/c1-12(2)25-16-9-8-15(10-17(16)24-5)11-18-19(23)22(20(26)27-18)21-13(3)6-7-14(21)4/h6-12H,1-5H3/b18-11-. The maximum Gasteiger partial charge on any atom is 0.285 e. The minimum absolute atomic E-state index is 0.0500. The number of hydrogen-bond donors (Lipinski definition) is 0. The van der Waals surface area contributed by atoms with E-state index in [9.17, 15) is 4.79 Å². The van der Waals surface area contributed by atoms with Gasteiger partial charge in [0.25, 0.3) is 5.91 Å². The predicted octanol–water partition coefficient (Wildman–Crippen LogP) is 4.44. The first-order valence-electron chi connectivity index (χ1n) is 8.59. The van der Waals surface area contributed by atoms with Crippen LogP contribution in [0.3, 0.4) is 0 Å². The van der Waals surface area contributed by atoms with E-state index in [0.717, 1.165) is 17.0 Å². The average Bonchev–Trinajstić information content (AvgIpc) is 3.07. The third-order valence-electron chi connectivity index (χ3n) is 4.06. The zero-order valence-electron chi connectivity index (χ0n) is 16.0. The smallest absolute Gasteiger partial charge is 0.285 e. The van der Waals surface area contributed by atoms with E-state index in [-0.39, 0.29) is 12.0 Å². The number of rotatable bonds is 5. The normalized spacial score (nSPS) is 15.9. The zero-order valence-corrected chi connectivity index (χ0v) is 17.6. The third-order valence-corrected chi connectivity index (χ3v) is 5.34. The number of thioether (sulfide) groups is 1. The van der Waals surface area contributed by atoms with E-state index < -0.39 is 0 Å². The summed E-state index contributed by atoms with van der Waals surface area (Å²) >= 11 is 6.75. The second-order valence-corrected chi connectivity index (χ2v) is 8.17. The molecule has 0 radical (unpaired) electrons. The van der Waals surface area contributed by atoms with Gasteiger partial charge in [-0.15, -0.1) is 0 Å². The van der Waals surface area contributed by atoms with Crippen molar-refractivity contribution in [1.29, 1.82) is 0 Å². The Morgan fingerprint density at radius 2 is 1.78 bits per heavy atom. The second kappa shape index (κ2) is 7.78. The number of hydrogen-bond acceptors (Lipinski definition) is 5. The molecular weight excluding hydrogens is 380 g/mol. The number of nitrogens with zero attached hydrogens (tertiary/aromatic N) is 2. The van der Waals surface area contributed by atoms with Crippen LogP contribution in [0.5, 0.6) is 11.5 Å². The molecule has 1 saturated heterocycles. The van der Waals surface area contributed by atoms with E-state index >= 15 is 0 Å². The number of amides is 1. The van der Waals surface area contributed by atoms with Gasteiger partial charge in [0.05, 0.1) is 18.1 Å². The number of thiocarbonyl (C=S) groups is 1. The molecule has 1 aliphatic heterocycles. The lowest BCUT2D eigenvalue weighted by Gasteiger charge is -2.20. The van der Waals surface area contributed by atoms with Crippen LogP contribution < -0.4 is 14.5 Å². The van der Waals surface area contributed by atoms with Crippen molar-refractivity contribution >= 4 is 40.3 Å². The van der Waals surface area contributed by atoms with Gasteiger partial charge in [0.2, 0.25) is 0 Å². The summed E-state index contributed by atoms with van der Waals surface area (Å²) < 4.78 is 13.5. The molecule has 2 aromatic rings. The molecule has 27 heavy (non-hydrogen) atoms. The fourth-order valence-electron chi connectivity index (χ4n) is 2.88. The van der Waals surface area contributed by atoms with Crippen molar-refractivity contribution in [2.75, 3.05) is 12.1 Å². The first kappa shape index (κ1) is 19.5. The molecule has 0 spiro atoms. The number of methoxy groups -OCH3 is 1. The van der Waals surface area contributed by atoms with Gasteiger partial charge in [-0.1, -0.05) is 17.8 Å². The molecule has 1 aliphatic rings. The summed E-state index contributed by atoms with van der Waals surface area (Å²) in [6.07, 6.45) is 1.88. The van der Waals surface area contributed by atoms with Crippen LogP contribution in [0.1, 0.15) is 30.8 Å². The van der Waals surface area contributed by atoms with Crippen LogP contribution in [-0.4, -0.2) is 28.1 Å². The maximum atomic E-state index is 13.0. The van der Waals surface area contributed by atoms with Gasteiger partial charge < -0.3 is 9.47 Å². The molecule has 0 atom stereocenters.